The van der Waals surface area contributed by atoms with Gasteiger partial charge in [-0.3, -0.25) is 19.6 Å². The van der Waals surface area contributed by atoms with Crippen molar-refractivity contribution in [1.29, 1.82) is 0 Å². The van der Waals surface area contributed by atoms with E-state index in [4.69, 9.17) is 0 Å². The highest BCUT2D eigenvalue weighted by Crippen LogP contribution is 2.21. The molecule has 9 heteroatoms. The zero-order valence-corrected chi connectivity index (χ0v) is 13.7. The highest BCUT2D eigenvalue weighted by Gasteiger charge is 2.14. The molecule has 25 heavy (non-hydrogen) atoms. The maximum Gasteiger partial charge on any atom is 0.307 e. The summed E-state index contributed by atoms with van der Waals surface area (Å²) < 4.78 is 2.98. The quantitative estimate of drug-likeness (QED) is 0.566. The van der Waals surface area contributed by atoms with Crippen molar-refractivity contribution < 1.29 is 9.72 Å². The second kappa shape index (κ2) is 6.56. The molecule has 2 heterocycles. The van der Waals surface area contributed by atoms with E-state index in [2.05, 4.69) is 15.5 Å². The van der Waals surface area contributed by atoms with E-state index in [1.54, 1.807) is 10.7 Å². The first-order valence-corrected chi connectivity index (χ1v) is 7.53. The van der Waals surface area contributed by atoms with Gasteiger partial charge in [0, 0.05) is 5.69 Å². The molecule has 0 saturated carbocycles. The number of anilines is 1. The smallest absolute Gasteiger partial charge is 0.307 e. The molecule has 0 saturated heterocycles. The summed E-state index contributed by atoms with van der Waals surface area (Å²) in [5.74, 6) is -0.341. The predicted molar refractivity (Wildman–Crippen MR) is 90.5 cm³/mol. The van der Waals surface area contributed by atoms with Gasteiger partial charge in [0.25, 0.3) is 0 Å². The molecule has 0 aliphatic carbocycles. The predicted octanol–water partition coefficient (Wildman–Crippen LogP) is 2.23. The van der Waals surface area contributed by atoms with Crippen molar-refractivity contribution >= 4 is 17.3 Å². The van der Waals surface area contributed by atoms with Crippen LogP contribution in [0.15, 0.2) is 42.7 Å². The molecule has 0 spiro atoms. The van der Waals surface area contributed by atoms with Gasteiger partial charge in [-0.05, 0) is 32.0 Å². The maximum absolute atomic E-state index is 12.3. The Hall–Kier alpha value is -3.49. The summed E-state index contributed by atoms with van der Waals surface area (Å²) in [6.45, 7) is 3.70. The molecule has 9 nitrogen and oxygen atoms in total. The minimum absolute atomic E-state index is 0.126. The number of amides is 1. The Kier molecular flexibility index (Phi) is 4.29. The Bertz CT molecular complexity index is 943. The van der Waals surface area contributed by atoms with Crippen molar-refractivity contribution in [2.24, 2.45) is 0 Å². The van der Waals surface area contributed by atoms with Gasteiger partial charge in [0.1, 0.15) is 18.9 Å². The van der Waals surface area contributed by atoms with Crippen LogP contribution >= 0.6 is 0 Å². The maximum atomic E-state index is 12.3. The lowest BCUT2D eigenvalue weighted by Crippen LogP contribution is -2.20. The van der Waals surface area contributed by atoms with Crippen molar-refractivity contribution in [1.82, 2.24) is 19.6 Å². The Labute approximate surface area is 143 Å². The molecule has 1 N–H and O–H groups in total. The Morgan fingerprint density at radius 3 is 2.72 bits per heavy atom. The van der Waals surface area contributed by atoms with Crippen molar-refractivity contribution in [3.8, 4) is 5.69 Å². The molecule has 0 aliphatic rings. The first-order chi connectivity index (χ1) is 11.9. The normalized spacial score (nSPS) is 10.6. The molecule has 0 fully saturated rings. The monoisotopic (exact) mass is 340 g/mol. The first kappa shape index (κ1) is 16.4. The summed E-state index contributed by atoms with van der Waals surface area (Å²) >= 11 is 0. The summed E-state index contributed by atoms with van der Waals surface area (Å²) in [6, 6.07) is 9.24. The summed E-state index contributed by atoms with van der Waals surface area (Å²) in [7, 11) is 0. The topological polar surface area (TPSA) is 108 Å². The van der Waals surface area contributed by atoms with Gasteiger partial charge in [-0.1, -0.05) is 12.1 Å². The third-order valence-corrected chi connectivity index (χ3v) is 3.55. The number of para-hydroxylation sites is 2. The van der Waals surface area contributed by atoms with E-state index >= 15 is 0 Å². The number of benzene rings is 1. The molecular formula is C16H16N6O3. The third kappa shape index (κ3) is 3.55. The lowest BCUT2D eigenvalue weighted by atomic mass is 10.2. The number of nitrogens with one attached hydrogen (secondary N) is 1. The van der Waals surface area contributed by atoms with Gasteiger partial charge >= 0.3 is 5.69 Å². The zero-order chi connectivity index (χ0) is 18.0. The molecule has 0 radical (unpaired) electrons. The number of carbonyl (C=O) groups is 1. The van der Waals surface area contributed by atoms with Gasteiger partial charge in [-0.25, -0.2) is 4.68 Å². The van der Waals surface area contributed by atoms with Crippen LogP contribution in [0.25, 0.3) is 5.69 Å². The van der Waals surface area contributed by atoms with E-state index in [9.17, 15) is 14.9 Å². The number of hydrogen-bond acceptors (Lipinski definition) is 5. The van der Waals surface area contributed by atoms with E-state index in [0.717, 1.165) is 23.3 Å². The molecule has 1 aromatic carbocycles. The summed E-state index contributed by atoms with van der Waals surface area (Å²) in [4.78, 5) is 22.4. The summed E-state index contributed by atoms with van der Waals surface area (Å²) in [5.41, 5.74) is 3.01. The standard InChI is InChI=1S/C16H16N6O3/c1-11-7-12(2)21(19-11)15-6-4-3-5-14(15)18-16(23)10-20-9-13(8-17-20)22(24)25/h3-9H,10H2,1-2H3,(H,18,23). The largest absolute Gasteiger partial charge is 0.323 e. The molecule has 2 aromatic heterocycles. The van der Waals surface area contributed by atoms with Crippen LogP contribution in [-0.4, -0.2) is 30.4 Å². The fraction of sp³-hybridized carbons (Fsp3) is 0.188. The van der Waals surface area contributed by atoms with Gasteiger partial charge in [-0.15, -0.1) is 0 Å². The highest BCUT2D eigenvalue weighted by atomic mass is 16.6. The highest BCUT2D eigenvalue weighted by molar-refractivity contribution is 5.92. The number of carbonyl (C=O) groups excluding carboxylic acids is 1. The van der Waals surface area contributed by atoms with E-state index in [1.807, 2.05) is 38.1 Å². The van der Waals surface area contributed by atoms with Crippen LogP contribution in [0.1, 0.15) is 11.4 Å². The zero-order valence-electron chi connectivity index (χ0n) is 13.7. The second-order valence-corrected chi connectivity index (χ2v) is 5.56. The van der Waals surface area contributed by atoms with Crippen molar-refractivity contribution in [2.75, 3.05) is 5.32 Å². The molecule has 1 amide bonds. The van der Waals surface area contributed by atoms with Crippen molar-refractivity contribution in [3.05, 3.63) is 64.2 Å². The van der Waals surface area contributed by atoms with Gasteiger partial charge in [-0.2, -0.15) is 10.2 Å². The van der Waals surface area contributed by atoms with Crippen LogP contribution < -0.4 is 5.32 Å². The minimum Gasteiger partial charge on any atom is -0.323 e. The molecule has 3 aromatic rings. The van der Waals surface area contributed by atoms with Gasteiger partial charge in [0.15, 0.2) is 0 Å². The van der Waals surface area contributed by atoms with Gasteiger partial charge in [0.05, 0.1) is 22.0 Å². The number of aryl methyl sites for hydroxylation is 2. The van der Waals surface area contributed by atoms with Crippen LogP contribution in [0, 0.1) is 24.0 Å². The van der Waals surface area contributed by atoms with Crippen molar-refractivity contribution in [3.63, 3.8) is 0 Å². The molecular weight excluding hydrogens is 324 g/mol. The summed E-state index contributed by atoms with van der Waals surface area (Å²) in [5, 5.41) is 21.7. The molecule has 0 aliphatic heterocycles. The second-order valence-electron chi connectivity index (χ2n) is 5.56. The fourth-order valence-corrected chi connectivity index (χ4v) is 2.51. The van der Waals surface area contributed by atoms with E-state index in [1.165, 1.54) is 10.9 Å². The average Bonchev–Trinajstić information content (AvgIpc) is 3.14. The number of nitrogens with zero attached hydrogens (tertiary/aromatic N) is 5. The number of aromatic nitrogens is 4. The van der Waals surface area contributed by atoms with Crippen LogP contribution in [0.5, 0.6) is 0 Å². The van der Waals surface area contributed by atoms with Gasteiger partial charge in [0.2, 0.25) is 5.91 Å². The number of hydrogen-bond donors (Lipinski definition) is 1. The molecule has 0 atom stereocenters. The van der Waals surface area contributed by atoms with E-state index in [0.29, 0.717) is 5.69 Å². The average molecular weight is 340 g/mol. The number of nitro groups is 1. The van der Waals surface area contributed by atoms with Crippen LogP contribution in [0.2, 0.25) is 0 Å². The Balaban J connectivity index is 1.79. The van der Waals surface area contributed by atoms with Crippen LogP contribution in [0.3, 0.4) is 0 Å². The van der Waals surface area contributed by atoms with E-state index < -0.39 is 4.92 Å². The first-order valence-electron chi connectivity index (χ1n) is 7.53. The Morgan fingerprint density at radius 2 is 2.08 bits per heavy atom. The Morgan fingerprint density at radius 1 is 1.32 bits per heavy atom. The molecule has 0 bridgehead atoms. The van der Waals surface area contributed by atoms with Gasteiger partial charge < -0.3 is 5.32 Å². The van der Waals surface area contributed by atoms with E-state index in [-0.39, 0.29) is 18.1 Å². The third-order valence-electron chi connectivity index (χ3n) is 3.55. The lowest BCUT2D eigenvalue weighted by molar-refractivity contribution is -0.385. The lowest BCUT2D eigenvalue weighted by Gasteiger charge is -2.12. The minimum atomic E-state index is -0.556. The van der Waals surface area contributed by atoms with Crippen LogP contribution in [-0.2, 0) is 11.3 Å². The van der Waals surface area contributed by atoms with Crippen molar-refractivity contribution in [2.45, 2.75) is 20.4 Å². The van der Waals surface area contributed by atoms with Crippen LogP contribution in [0.4, 0.5) is 11.4 Å². The molecule has 3 rings (SSSR count). The molecule has 128 valence electrons. The summed E-state index contributed by atoms with van der Waals surface area (Å²) in [6.07, 6.45) is 2.32. The fourth-order valence-electron chi connectivity index (χ4n) is 2.51. The number of rotatable bonds is 5. The SMILES string of the molecule is Cc1cc(C)n(-c2ccccc2NC(=O)Cn2cc([N+](=O)[O-])cn2)n1. The molecule has 0 unspecified atom stereocenters.